The third-order valence-electron chi connectivity index (χ3n) is 5.79. The Labute approximate surface area is 221 Å². The van der Waals surface area contributed by atoms with E-state index in [9.17, 15) is 0 Å². The molecule has 1 aromatic heterocycles. The van der Waals surface area contributed by atoms with Crippen LogP contribution in [0.1, 0.15) is 23.1 Å². The summed E-state index contributed by atoms with van der Waals surface area (Å²) in [7, 11) is 0. The van der Waals surface area contributed by atoms with Gasteiger partial charge < -0.3 is 20.1 Å². The van der Waals surface area contributed by atoms with E-state index in [1.807, 2.05) is 48.5 Å². The van der Waals surface area contributed by atoms with Gasteiger partial charge in [0.1, 0.15) is 11.5 Å². The SMILES string of the molecule is Clc1ccc(/C=C/c2cc(OCCCNCC3CNC3)cc(OCCc3ccncc3)c2)c(Br)c1. The van der Waals surface area contributed by atoms with E-state index in [4.69, 9.17) is 21.1 Å². The quantitative estimate of drug-likeness (QED) is 0.204. The summed E-state index contributed by atoms with van der Waals surface area (Å²) < 4.78 is 13.1. The van der Waals surface area contributed by atoms with Gasteiger partial charge in [0, 0.05) is 54.0 Å². The summed E-state index contributed by atoms with van der Waals surface area (Å²) in [6.07, 6.45) is 9.50. The van der Waals surface area contributed by atoms with E-state index in [2.05, 4.69) is 43.7 Å². The van der Waals surface area contributed by atoms with Gasteiger partial charge in [0.25, 0.3) is 0 Å². The van der Waals surface area contributed by atoms with Gasteiger partial charge in [-0.15, -0.1) is 0 Å². The maximum Gasteiger partial charge on any atom is 0.123 e. The molecule has 5 nitrogen and oxygen atoms in total. The molecular formula is C28H31BrClN3O2. The smallest absolute Gasteiger partial charge is 0.123 e. The molecule has 7 heteroatoms. The Balaban J connectivity index is 1.37. The molecule has 0 unspecified atom stereocenters. The fraction of sp³-hybridized carbons (Fsp3) is 0.321. The van der Waals surface area contributed by atoms with Gasteiger partial charge >= 0.3 is 0 Å². The van der Waals surface area contributed by atoms with Crippen molar-refractivity contribution in [3.63, 3.8) is 0 Å². The van der Waals surface area contributed by atoms with E-state index in [1.54, 1.807) is 12.4 Å². The molecule has 0 spiro atoms. The number of aromatic nitrogens is 1. The number of nitrogens with one attached hydrogen (secondary N) is 2. The van der Waals surface area contributed by atoms with E-state index >= 15 is 0 Å². The summed E-state index contributed by atoms with van der Waals surface area (Å²) >= 11 is 9.66. The number of rotatable bonds is 13. The predicted molar refractivity (Wildman–Crippen MR) is 147 cm³/mol. The van der Waals surface area contributed by atoms with Gasteiger partial charge in [0.15, 0.2) is 0 Å². The minimum absolute atomic E-state index is 0.583. The van der Waals surface area contributed by atoms with Crippen molar-refractivity contribution in [2.45, 2.75) is 12.8 Å². The zero-order valence-corrected chi connectivity index (χ0v) is 22.0. The van der Waals surface area contributed by atoms with E-state index in [1.165, 1.54) is 5.56 Å². The summed E-state index contributed by atoms with van der Waals surface area (Å²) in [5.74, 6) is 2.37. The third-order valence-corrected chi connectivity index (χ3v) is 6.72. The summed E-state index contributed by atoms with van der Waals surface area (Å²) in [5.41, 5.74) is 3.26. The van der Waals surface area contributed by atoms with E-state index in [-0.39, 0.29) is 0 Å². The lowest BCUT2D eigenvalue weighted by atomic mass is 10.0. The van der Waals surface area contributed by atoms with E-state index in [0.717, 1.165) is 72.0 Å². The van der Waals surface area contributed by atoms with Crippen molar-refractivity contribution in [3.8, 4) is 11.5 Å². The van der Waals surface area contributed by atoms with Crippen molar-refractivity contribution in [2.75, 3.05) is 39.4 Å². The molecule has 184 valence electrons. The molecule has 2 heterocycles. The molecule has 3 aromatic rings. The second-order valence-corrected chi connectivity index (χ2v) is 9.91. The Morgan fingerprint density at radius 3 is 2.49 bits per heavy atom. The van der Waals surface area contributed by atoms with Crippen LogP contribution in [0.15, 0.2) is 65.4 Å². The Bertz CT molecular complexity index is 1110. The van der Waals surface area contributed by atoms with Crippen molar-refractivity contribution in [1.29, 1.82) is 0 Å². The van der Waals surface area contributed by atoms with Crippen LogP contribution in [0.25, 0.3) is 12.2 Å². The van der Waals surface area contributed by atoms with Crippen LogP contribution in [0.3, 0.4) is 0 Å². The molecular weight excluding hydrogens is 526 g/mol. The van der Waals surface area contributed by atoms with Crippen LogP contribution in [0.5, 0.6) is 11.5 Å². The maximum atomic E-state index is 6.09. The standard InChI is InChI=1S/C28H31BrClN3O2/c29-28-16-25(30)5-4-24(28)3-2-22-14-26(34-12-1-9-32-18-23-19-33-20-23)17-27(15-22)35-13-8-21-6-10-31-11-7-21/h2-7,10-11,14-17,23,32-33H,1,8-9,12-13,18-20H2/b3-2+. The van der Waals surface area contributed by atoms with Gasteiger partial charge in [0.2, 0.25) is 0 Å². The molecule has 1 fully saturated rings. The number of hydrogen-bond donors (Lipinski definition) is 2. The zero-order chi connectivity index (χ0) is 24.3. The normalized spacial score (nSPS) is 13.7. The van der Waals surface area contributed by atoms with E-state index < -0.39 is 0 Å². The lowest BCUT2D eigenvalue weighted by molar-refractivity contribution is 0.291. The number of benzene rings is 2. The molecule has 0 bridgehead atoms. The Kier molecular flexibility index (Phi) is 10.0. The molecule has 0 radical (unpaired) electrons. The van der Waals surface area contributed by atoms with Crippen LogP contribution >= 0.6 is 27.5 Å². The maximum absolute atomic E-state index is 6.09. The molecule has 2 N–H and O–H groups in total. The first kappa shape index (κ1) is 25.7. The zero-order valence-electron chi connectivity index (χ0n) is 19.7. The number of hydrogen-bond acceptors (Lipinski definition) is 5. The molecule has 1 aliphatic rings. The van der Waals surface area contributed by atoms with Crippen molar-refractivity contribution in [2.24, 2.45) is 5.92 Å². The highest BCUT2D eigenvalue weighted by Gasteiger charge is 2.15. The van der Waals surface area contributed by atoms with Crippen molar-refractivity contribution < 1.29 is 9.47 Å². The molecule has 2 aromatic carbocycles. The third kappa shape index (κ3) is 8.65. The molecule has 4 rings (SSSR count). The summed E-state index contributed by atoms with van der Waals surface area (Å²) in [6, 6.07) is 15.8. The van der Waals surface area contributed by atoms with Gasteiger partial charge in [0.05, 0.1) is 13.2 Å². The number of pyridine rings is 1. The van der Waals surface area contributed by atoms with Gasteiger partial charge in [-0.1, -0.05) is 45.7 Å². The van der Waals surface area contributed by atoms with Crippen LogP contribution in [0.2, 0.25) is 5.02 Å². The van der Waals surface area contributed by atoms with Gasteiger partial charge in [-0.2, -0.15) is 0 Å². The predicted octanol–water partition coefficient (Wildman–Crippen LogP) is 5.87. The van der Waals surface area contributed by atoms with Crippen molar-refractivity contribution >= 4 is 39.7 Å². The first-order valence-corrected chi connectivity index (χ1v) is 13.2. The largest absolute Gasteiger partial charge is 0.493 e. The average molecular weight is 557 g/mol. The van der Waals surface area contributed by atoms with Crippen LogP contribution in [-0.2, 0) is 6.42 Å². The minimum Gasteiger partial charge on any atom is -0.493 e. The van der Waals surface area contributed by atoms with Crippen LogP contribution in [0.4, 0.5) is 0 Å². The molecule has 0 saturated carbocycles. The van der Waals surface area contributed by atoms with Gasteiger partial charge in [-0.3, -0.25) is 4.98 Å². The lowest BCUT2D eigenvalue weighted by Crippen LogP contribution is -2.47. The highest BCUT2D eigenvalue weighted by atomic mass is 79.9. The van der Waals surface area contributed by atoms with Crippen LogP contribution < -0.4 is 20.1 Å². The summed E-state index contributed by atoms with van der Waals surface area (Å²) in [5, 5.41) is 7.52. The molecule has 0 aliphatic carbocycles. The van der Waals surface area contributed by atoms with Crippen LogP contribution in [-0.4, -0.2) is 44.4 Å². The topological polar surface area (TPSA) is 55.4 Å². The minimum atomic E-state index is 0.583. The second-order valence-electron chi connectivity index (χ2n) is 8.62. The molecule has 0 atom stereocenters. The van der Waals surface area contributed by atoms with Crippen molar-refractivity contribution in [1.82, 2.24) is 15.6 Å². The fourth-order valence-corrected chi connectivity index (χ4v) is 4.52. The number of ether oxygens (including phenoxy) is 2. The second kappa shape index (κ2) is 13.6. The van der Waals surface area contributed by atoms with E-state index in [0.29, 0.717) is 18.2 Å². The Morgan fingerprint density at radius 1 is 1.00 bits per heavy atom. The Hall–Kier alpha value is -2.38. The first-order valence-electron chi connectivity index (χ1n) is 12.0. The Morgan fingerprint density at radius 2 is 1.77 bits per heavy atom. The number of halogens is 2. The summed E-state index contributed by atoms with van der Waals surface area (Å²) in [4.78, 5) is 4.07. The molecule has 1 aliphatic heterocycles. The average Bonchev–Trinajstić information content (AvgIpc) is 2.82. The molecule has 35 heavy (non-hydrogen) atoms. The fourth-order valence-electron chi connectivity index (χ4n) is 3.70. The van der Waals surface area contributed by atoms with Gasteiger partial charge in [-0.25, -0.2) is 0 Å². The molecule has 1 saturated heterocycles. The first-order chi connectivity index (χ1) is 17.2. The number of nitrogens with zero attached hydrogens (tertiary/aromatic N) is 1. The lowest BCUT2D eigenvalue weighted by Gasteiger charge is -2.27. The monoisotopic (exact) mass is 555 g/mol. The van der Waals surface area contributed by atoms with Crippen molar-refractivity contribution in [3.05, 3.63) is 87.1 Å². The van der Waals surface area contributed by atoms with Gasteiger partial charge in [-0.05, 0) is 72.0 Å². The molecule has 0 amide bonds. The summed E-state index contributed by atoms with van der Waals surface area (Å²) in [6.45, 7) is 5.52. The highest BCUT2D eigenvalue weighted by molar-refractivity contribution is 9.10. The van der Waals surface area contributed by atoms with Crippen LogP contribution in [0, 0.1) is 5.92 Å². The highest BCUT2D eigenvalue weighted by Crippen LogP contribution is 2.27.